The molecule has 0 atom stereocenters. The minimum atomic E-state index is -0.242. The van der Waals surface area contributed by atoms with Crippen LogP contribution in [0.25, 0.3) is 22.3 Å². The van der Waals surface area contributed by atoms with Crippen LogP contribution in [-0.2, 0) is 4.79 Å². The highest BCUT2D eigenvalue weighted by atomic mass is 16.3. The SMILES string of the molecule is CC1=NN(c2ccccc2)C(=O)C1.O=c1cc(-c2ccccc2)oc2cccc(O)c12. The number of hydrogen-bond acceptors (Lipinski definition) is 5. The van der Waals surface area contributed by atoms with E-state index in [4.69, 9.17) is 4.42 Å². The standard InChI is InChI=1S/C15H10O3.C10H10N2O/c16-11-7-4-8-13-15(11)12(17)9-14(18-13)10-5-2-1-3-6-10;1-8-7-10(13)12(11-8)9-5-3-2-4-6-9/h1-9,16H;2-6H,7H2,1H3. The Kier molecular flexibility index (Phi) is 5.62. The quantitative estimate of drug-likeness (QED) is 0.504. The first-order valence-electron chi connectivity index (χ1n) is 9.76. The van der Waals surface area contributed by atoms with Gasteiger partial charge in [0, 0.05) is 17.3 Å². The molecule has 0 unspecified atom stereocenters. The average molecular weight is 412 g/mol. The highest BCUT2D eigenvalue weighted by molar-refractivity contribution is 6.12. The lowest BCUT2D eigenvalue weighted by atomic mass is 10.1. The summed E-state index contributed by atoms with van der Waals surface area (Å²) in [7, 11) is 0. The molecule has 6 nitrogen and oxygen atoms in total. The Hall–Kier alpha value is -4.19. The number of hydrazone groups is 1. The summed E-state index contributed by atoms with van der Waals surface area (Å²) < 4.78 is 5.65. The Labute approximate surface area is 178 Å². The van der Waals surface area contributed by atoms with Crippen molar-refractivity contribution in [2.45, 2.75) is 13.3 Å². The highest BCUT2D eigenvalue weighted by Gasteiger charge is 2.21. The van der Waals surface area contributed by atoms with Crippen molar-refractivity contribution in [3.05, 3.63) is 95.2 Å². The van der Waals surface area contributed by atoms with E-state index in [0.717, 1.165) is 17.0 Å². The van der Waals surface area contributed by atoms with Crippen LogP contribution in [0.5, 0.6) is 5.75 Å². The Bertz CT molecular complexity index is 1310. The Morgan fingerprint density at radius 3 is 2.23 bits per heavy atom. The van der Waals surface area contributed by atoms with Gasteiger partial charge >= 0.3 is 0 Å². The number of phenols is 1. The number of fused-ring (bicyclic) bond motifs is 1. The van der Waals surface area contributed by atoms with Gasteiger partial charge in [0.1, 0.15) is 22.5 Å². The fourth-order valence-electron chi connectivity index (χ4n) is 3.26. The van der Waals surface area contributed by atoms with Crippen LogP contribution in [0.1, 0.15) is 13.3 Å². The molecule has 1 amide bonds. The van der Waals surface area contributed by atoms with Crippen LogP contribution in [0.2, 0.25) is 0 Å². The first-order chi connectivity index (χ1) is 15.0. The molecular weight excluding hydrogens is 392 g/mol. The van der Waals surface area contributed by atoms with Gasteiger partial charge in [-0.15, -0.1) is 0 Å². The molecule has 0 spiro atoms. The zero-order chi connectivity index (χ0) is 21.8. The monoisotopic (exact) mass is 412 g/mol. The number of aromatic hydroxyl groups is 1. The predicted octanol–water partition coefficient (Wildman–Crippen LogP) is 4.96. The molecule has 0 bridgehead atoms. The fraction of sp³-hybridized carbons (Fsp3) is 0.0800. The zero-order valence-corrected chi connectivity index (χ0v) is 16.9. The van der Waals surface area contributed by atoms with E-state index in [9.17, 15) is 14.7 Å². The van der Waals surface area contributed by atoms with Gasteiger partial charge in [0.05, 0.1) is 12.1 Å². The van der Waals surface area contributed by atoms with Gasteiger partial charge in [-0.1, -0.05) is 54.6 Å². The Morgan fingerprint density at radius 2 is 1.58 bits per heavy atom. The summed E-state index contributed by atoms with van der Waals surface area (Å²) in [5.74, 6) is 0.489. The third-order valence-electron chi connectivity index (χ3n) is 4.71. The van der Waals surface area contributed by atoms with Crippen molar-refractivity contribution in [3.63, 3.8) is 0 Å². The van der Waals surface area contributed by atoms with Crippen LogP contribution in [0.15, 0.2) is 99.2 Å². The van der Waals surface area contributed by atoms with E-state index in [2.05, 4.69) is 5.10 Å². The molecule has 4 aromatic rings. The normalized spacial score (nSPS) is 13.0. The van der Waals surface area contributed by atoms with Gasteiger partial charge in [-0.3, -0.25) is 9.59 Å². The smallest absolute Gasteiger partial charge is 0.253 e. The molecule has 1 N–H and O–H groups in total. The molecular formula is C25H20N2O4. The van der Waals surface area contributed by atoms with Crippen molar-refractivity contribution in [2.24, 2.45) is 5.10 Å². The number of hydrogen-bond donors (Lipinski definition) is 1. The number of para-hydroxylation sites is 1. The van der Waals surface area contributed by atoms with Gasteiger partial charge in [0.25, 0.3) is 5.91 Å². The first kappa shape index (κ1) is 20.1. The zero-order valence-electron chi connectivity index (χ0n) is 16.9. The Morgan fingerprint density at radius 1 is 0.903 bits per heavy atom. The van der Waals surface area contributed by atoms with Gasteiger partial charge in [-0.25, -0.2) is 5.01 Å². The summed E-state index contributed by atoms with van der Waals surface area (Å²) in [6, 6.07) is 25.0. The number of nitrogens with zero attached hydrogens (tertiary/aromatic N) is 2. The second kappa shape index (κ2) is 8.67. The third kappa shape index (κ3) is 4.38. The Balaban J connectivity index is 0.000000158. The van der Waals surface area contributed by atoms with E-state index in [1.165, 1.54) is 17.1 Å². The molecule has 3 aromatic carbocycles. The molecule has 1 aromatic heterocycles. The lowest BCUT2D eigenvalue weighted by Crippen LogP contribution is -2.19. The van der Waals surface area contributed by atoms with Crippen molar-refractivity contribution < 1.29 is 14.3 Å². The van der Waals surface area contributed by atoms with Crippen LogP contribution in [0, 0.1) is 0 Å². The van der Waals surface area contributed by atoms with Crippen molar-refractivity contribution in [1.29, 1.82) is 0 Å². The maximum atomic E-state index is 12.0. The van der Waals surface area contributed by atoms with Crippen LogP contribution >= 0.6 is 0 Å². The molecule has 0 radical (unpaired) electrons. The number of anilines is 1. The molecule has 6 heteroatoms. The van der Waals surface area contributed by atoms with Crippen molar-refractivity contribution in [2.75, 3.05) is 5.01 Å². The molecule has 0 saturated carbocycles. The average Bonchev–Trinajstić information content (AvgIpc) is 3.13. The van der Waals surface area contributed by atoms with Crippen molar-refractivity contribution in [3.8, 4) is 17.1 Å². The van der Waals surface area contributed by atoms with Crippen molar-refractivity contribution >= 4 is 28.3 Å². The summed E-state index contributed by atoms with van der Waals surface area (Å²) in [6.45, 7) is 1.86. The molecule has 1 aliphatic heterocycles. The van der Waals surface area contributed by atoms with E-state index >= 15 is 0 Å². The van der Waals surface area contributed by atoms with Crippen LogP contribution in [0.3, 0.4) is 0 Å². The van der Waals surface area contributed by atoms with E-state index in [1.807, 2.05) is 67.6 Å². The second-order valence-electron chi connectivity index (χ2n) is 7.04. The maximum absolute atomic E-state index is 12.0. The summed E-state index contributed by atoms with van der Waals surface area (Å²) in [6.07, 6.45) is 0.439. The van der Waals surface area contributed by atoms with Gasteiger partial charge < -0.3 is 9.52 Å². The summed E-state index contributed by atoms with van der Waals surface area (Å²) in [5.41, 5.74) is 2.69. The van der Waals surface area contributed by atoms with Crippen LogP contribution in [-0.4, -0.2) is 16.7 Å². The number of benzene rings is 3. The second-order valence-corrected chi connectivity index (χ2v) is 7.04. The van der Waals surface area contributed by atoms with E-state index in [0.29, 0.717) is 17.8 Å². The molecule has 31 heavy (non-hydrogen) atoms. The number of amides is 1. The molecule has 1 aliphatic rings. The summed E-state index contributed by atoms with van der Waals surface area (Å²) in [5, 5.41) is 15.5. The number of carbonyl (C=O) groups is 1. The van der Waals surface area contributed by atoms with Crippen molar-refractivity contribution in [1.82, 2.24) is 0 Å². The lowest BCUT2D eigenvalue weighted by Gasteiger charge is -2.10. The van der Waals surface area contributed by atoms with Gasteiger partial charge in [0.2, 0.25) is 0 Å². The predicted molar refractivity (Wildman–Crippen MR) is 121 cm³/mol. The molecule has 154 valence electrons. The molecule has 5 rings (SSSR count). The molecule has 0 aliphatic carbocycles. The van der Waals surface area contributed by atoms with Crippen LogP contribution < -0.4 is 10.4 Å². The molecule has 2 heterocycles. The number of carbonyl (C=O) groups excluding carboxylic acids is 1. The largest absolute Gasteiger partial charge is 0.507 e. The minimum absolute atomic E-state index is 0.0451. The highest BCUT2D eigenvalue weighted by Crippen LogP contribution is 2.26. The first-order valence-corrected chi connectivity index (χ1v) is 9.76. The summed E-state index contributed by atoms with van der Waals surface area (Å²) in [4.78, 5) is 23.4. The van der Waals surface area contributed by atoms with Gasteiger partial charge in [0.15, 0.2) is 5.43 Å². The van der Waals surface area contributed by atoms with Crippen LogP contribution in [0.4, 0.5) is 5.69 Å². The van der Waals surface area contributed by atoms with E-state index in [1.54, 1.807) is 12.1 Å². The minimum Gasteiger partial charge on any atom is -0.507 e. The molecule has 0 fully saturated rings. The van der Waals surface area contributed by atoms with E-state index in [-0.39, 0.29) is 22.5 Å². The fourth-order valence-corrected chi connectivity index (χ4v) is 3.26. The third-order valence-corrected chi connectivity index (χ3v) is 4.71. The van der Waals surface area contributed by atoms with Gasteiger partial charge in [-0.05, 0) is 31.2 Å². The number of phenolic OH excluding ortho intramolecular Hbond substituents is 1. The van der Waals surface area contributed by atoms with E-state index < -0.39 is 0 Å². The maximum Gasteiger partial charge on any atom is 0.253 e. The van der Waals surface area contributed by atoms with Gasteiger partial charge in [-0.2, -0.15) is 5.10 Å². The topological polar surface area (TPSA) is 83.1 Å². The summed E-state index contributed by atoms with van der Waals surface area (Å²) >= 11 is 0. The number of rotatable bonds is 2. The lowest BCUT2D eigenvalue weighted by molar-refractivity contribution is -0.116. The molecule has 0 saturated heterocycles.